The molecule has 1 unspecified atom stereocenters. The second kappa shape index (κ2) is 15.8. The number of ether oxygens (including phenoxy) is 2. The number of carbonyl (C=O) groups excluding carboxylic acids is 3. The molecule has 2 aromatic heterocycles. The standard InChI is InChI=1S/C32H31N7O7S2.HI/c1-38-12-10-19(11-13-38)23-14-22(46-36-23)9-6-20-16-47-30-26(35-28(40)25(37-44-3)24-17-48-32(33)34-24)29(41)39(30)27(20)31(42)45-15-18-4-7-21(43-2)8-5-18;/h4-13,17,22,26,30H,14-16H2,1-3H3,(H2-,33,34,35,40);1H/b9-6+,37-25-;/t22?,26-,30-;/m1./s1. The molecule has 0 bridgehead atoms. The van der Waals surface area contributed by atoms with E-state index in [1.54, 1.807) is 42.8 Å². The number of β-lactam (4-membered cyclic amide) rings is 1. The van der Waals surface area contributed by atoms with Crippen LogP contribution in [-0.2, 0) is 42.5 Å². The number of hydrogen-bond acceptors (Lipinski definition) is 13. The molecule has 256 valence electrons. The molecule has 3 atom stereocenters. The molecule has 0 spiro atoms. The number of thiazole rings is 1. The van der Waals surface area contributed by atoms with Gasteiger partial charge in [-0.2, -0.15) is 0 Å². The van der Waals surface area contributed by atoms with Crippen LogP contribution in [0.25, 0.3) is 0 Å². The zero-order valence-corrected chi connectivity index (χ0v) is 30.4. The minimum absolute atomic E-state index is 0. The van der Waals surface area contributed by atoms with Crippen molar-refractivity contribution in [3.8, 4) is 5.75 Å². The molecule has 5 heterocycles. The third-order valence-corrected chi connectivity index (χ3v) is 9.66. The van der Waals surface area contributed by atoms with E-state index in [-0.39, 0.29) is 58.9 Å². The maximum absolute atomic E-state index is 13.7. The Balaban J connectivity index is 0.00000468. The maximum Gasteiger partial charge on any atom is 0.355 e. The number of allylic oxidation sites excluding steroid dienone is 1. The van der Waals surface area contributed by atoms with E-state index >= 15 is 0 Å². The van der Waals surface area contributed by atoms with Gasteiger partial charge in [-0.3, -0.25) is 14.5 Å². The van der Waals surface area contributed by atoms with Gasteiger partial charge in [0.25, 0.3) is 11.8 Å². The summed E-state index contributed by atoms with van der Waals surface area (Å²) in [6.07, 6.45) is 7.64. The van der Waals surface area contributed by atoms with Crippen molar-refractivity contribution in [3.05, 3.63) is 94.4 Å². The van der Waals surface area contributed by atoms with Crippen molar-refractivity contribution in [2.75, 3.05) is 25.7 Å². The van der Waals surface area contributed by atoms with Crippen LogP contribution in [0.1, 0.15) is 23.2 Å². The summed E-state index contributed by atoms with van der Waals surface area (Å²) in [6.45, 7) is -0.0191. The number of pyridine rings is 1. The van der Waals surface area contributed by atoms with Crippen LogP contribution < -0.4 is 44.3 Å². The number of aryl methyl sites for hydroxylation is 1. The number of carbonyl (C=O) groups is 3. The summed E-state index contributed by atoms with van der Waals surface area (Å²) in [4.78, 5) is 56.5. The highest BCUT2D eigenvalue weighted by molar-refractivity contribution is 8.00. The number of nitrogens with one attached hydrogen (secondary N) is 1. The Kier molecular flexibility index (Phi) is 11.6. The van der Waals surface area contributed by atoms with Gasteiger partial charge in [0.1, 0.15) is 49.3 Å². The molecule has 6 rings (SSSR count). The number of aromatic nitrogens is 2. The number of nitrogens with zero attached hydrogens (tertiary/aromatic N) is 5. The van der Waals surface area contributed by atoms with Crippen molar-refractivity contribution < 1.29 is 62.1 Å². The first-order chi connectivity index (χ1) is 23.2. The molecule has 3 aliphatic heterocycles. The molecule has 1 aromatic carbocycles. The number of anilines is 1. The summed E-state index contributed by atoms with van der Waals surface area (Å²) in [7, 11) is 4.80. The summed E-state index contributed by atoms with van der Waals surface area (Å²) in [5.41, 5.74) is 9.02. The third kappa shape index (κ3) is 7.88. The molecule has 0 aliphatic carbocycles. The molecule has 0 saturated carbocycles. The average Bonchev–Trinajstić information content (AvgIpc) is 3.76. The highest BCUT2D eigenvalue weighted by atomic mass is 127. The lowest BCUT2D eigenvalue weighted by Crippen LogP contribution is -3.00. The zero-order chi connectivity index (χ0) is 33.8. The maximum atomic E-state index is 13.7. The molecular formula is C32H32IN7O7S2. The molecule has 2 amide bonds. The van der Waals surface area contributed by atoms with Gasteiger partial charge in [0, 0.05) is 35.2 Å². The Bertz CT molecular complexity index is 1840. The highest BCUT2D eigenvalue weighted by Crippen LogP contribution is 2.41. The zero-order valence-electron chi connectivity index (χ0n) is 26.6. The van der Waals surface area contributed by atoms with Crippen LogP contribution >= 0.6 is 23.1 Å². The van der Waals surface area contributed by atoms with Crippen LogP contribution in [0, 0.1) is 0 Å². The third-order valence-electron chi connectivity index (χ3n) is 7.69. The smallest absolute Gasteiger partial charge is 0.355 e. The number of rotatable bonds is 11. The van der Waals surface area contributed by atoms with Crippen LogP contribution in [0.5, 0.6) is 5.75 Å². The quantitative estimate of drug-likeness (QED) is 0.0616. The van der Waals surface area contributed by atoms with Gasteiger partial charge in [0.2, 0.25) is 0 Å². The number of halogens is 1. The lowest BCUT2D eigenvalue weighted by Gasteiger charge is -2.49. The second-order valence-electron chi connectivity index (χ2n) is 10.8. The van der Waals surface area contributed by atoms with Gasteiger partial charge in [-0.05, 0) is 29.3 Å². The van der Waals surface area contributed by atoms with E-state index in [0.29, 0.717) is 23.5 Å². The summed E-state index contributed by atoms with van der Waals surface area (Å²) in [5.74, 6) is -0.777. The van der Waals surface area contributed by atoms with Crippen molar-refractivity contribution in [1.29, 1.82) is 0 Å². The SMILES string of the molecule is CO/N=C(\C(=O)N[C@@H]1C(=O)N2C(C(=O)OCc3ccc(OC)cc3)=C(/C=C/C3CC(c4cc[n+](C)cc4)=NO3)CS[C@H]12)c1csc(N)n1.[I-]. The normalized spacial score (nSPS) is 20.1. The molecule has 17 heteroatoms. The highest BCUT2D eigenvalue weighted by Gasteiger charge is 2.54. The van der Waals surface area contributed by atoms with Gasteiger partial charge in [0.15, 0.2) is 29.3 Å². The van der Waals surface area contributed by atoms with Gasteiger partial charge in [-0.1, -0.05) is 28.5 Å². The number of thioether (sulfide) groups is 1. The number of benzene rings is 1. The minimum atomic E-state index is -0.933. The number of esters is 1. The molecule has 3 aliphatic rings. The van der Waals surface area contributed by atoms with Crippen LogP contribution in [0.3, 0.4) is 0 Å². The van der Waals surface area contributed by atoms with Crippen molar-refractivity contribution in [3.63, 3.8) is 0 Å². The van der Waals surface area contributed by atoms with Gasteiger partial charge >= 0.3 is 5.97 Å². The van der Waals surface area contributed by atoms with Crippen LogP contribution in [0.4, 0.5) is 5.13 Å². The predicted octanol–water partition coefficient (Wildman–Crippen LogP) is -0.940. The molecule has 1 saturated heterocycles. The number of amides is 2. The van der Waals surface area contributed by atoms with Gasteiger partial charge in [-0.15, -0.1) is 23.1 Å². The van der Waals surface area contributed by atoms with Crippen molar-refractivity contribution in [2.45, 2.75) is 30.5 Å². The summed E-state index contributed by atoms with van der Waals surface area (Å²) >= 11 is 2.54. The Hall–Kier alpha value is -4.49. The van der Waals surface area contributed by atoms with E-state index in [4.69, 9.17) is 24.9 Å². The van der Waals surface area contributed by atoms with Crippen molar-refractivity contribution in [2.24, 2.45) is 17.4 Å². The predicted molar refractivity (Wildman–Crippen MR) is 178 cm³/mol. The number of methoxy groups -OCH3 is 1. The Morgan fingerprint density at radius 1 is 1.20 bits per heavy atom. The van der Waals surface area contributed by atoms with Gasteiger partial charge in [0.05, 0.1) is 12.8 Å². The van der Waals surface area contributed by atoms with E-state index in [2.05, 4.69) is 20.6 Å². The fourth-order valence-electron chi connectivity index (χ4n) is 5.19. The minimum Gasteiger partial charge on any atom is -1.00 e. The lowest BCUT2D eigenvalue weighted by molar-refractivity contribution is -0.671. The fraction of sp³-hybridized carbons (Fsp3) is 0.281. The lowest BCUT2D eigenvalue weighted by atomic mass is 10.0. The molecular weight excluding hydrogens is 785 g/mol. The topological polar surface area (TPSA) is 171 Å². The largest absolute Gasteiger partial charge is 1.00 e. The van der Waals surface area contributed by atoms with E-state index in [1.165, 1.54) is 23.8 Å². The second-order valence-corrected chi connectivity index (χ2v) is 12.8. The number of nitrogen functional groups attached to an aromatic ring is 1. The number of oxime groups is 2. The Morgan fingerprint density at radius 3 is 2.63 bits per heavy atom. The number of hydrogen-bond donors (Lipinski definition) is 2. The van der Waals surface area contributed by atoms with E-state index < -0.39 is 29.2 Å². The number of nitrogens with two attached hydrogens (primary N) is 1. The average molecular weight is 818 g/mol. The molecule has 14 nitrogen and oxygen atoms in total. The first-order valence-electron chi connectivity index (χ1n) is 14.7. The summed E-state index contributed by atoms with van der Waals surface area (Å²) in [6, 6.07) is 10.1. The Morgan fingerprint density at radius 2 is 1.96 bits per heavy atom. The van der Waals surface area contributed by atoms with Gasteiger partial charge < -0.3 is 54.2 Å². The molecule has 3 N–H and O–H groups in total. The monoisotopic (exact) mass is 817 g/mol. The molecule has 1 fully saturated rings. The molecule has 3 aromatic rings. The van der Waals surface area contributed by atoms with E-state index in [1.807, 2.05) is 42.2 Å². The van der Waals surface area contributed by atoms with Crippen LogP contribution in [0.15, 0.2) is 87.9 Å². The van der Waals surface area contributed by atoms with Crippen LogP contribution in [0.2, 0.25) is 0 Å². The van der Waals surface area contributed by atoms with E-state index in [0.717, 1.165) is 28.2 Å². The van der Waals surface area contributed by atoms with Crippen molar-refractivity contribution in [1.82, 2.24) is 15.2 Å². The first-order valence-corrected chi connectivity index (χ1v) is 16.7. The first kappa shape index (κ1) is 35.8. The van der Waals surface area contributed by atoms with Crippen molar-refractivity contribution >= 4 is 57.4 Å². The van der Waals surface area contributed by atoms with E-state index in [9.17, 15) is 14.4 Å². The molecule has 0 radical (unpaired) electrons. The van der Waals surface area contributed by atoms with Gasteiger partial charge in [-0.25, -0.2) is 14.3 Å². The fourth-order valence-corrected chi connectivity index (χ4v) is 7.05. The summed E-state index contributed by atoms with van der Waals surface area (Å²) < 4.78 is 12.8. The number of fused-ring (bicyclic) bond motifs is 1. The Labute approximate surface area is 307 Å². The molecule has 49 heavy (non-hydrogen) atoms. The van der Waals surface area contributed by atoms with Crippen LogP contribution in [-0.4, -0.2) is 76.6 Å². The summed E-state index contributed by atoms with van der Waals surface area (Å²) in [5, 5.41) is 12.0.